The summed E-state index contributed by atoms with van der Waals surface area (Å²) in [6.45, 7) is 7.71. The van der Waals surface area contributed by atoms with Gasteiger partial charge in [-0.2, -0.15) is 0 Å². The molecule has 3 rings (SSSR count). The average Bonchev–Trinajstić information content (AvgIpc) is 2.66. The van der Waals surface area contributed by atoms with Crippen molar-refractivity contribution < 1.29 is 0 Å². The van der Waals surface area contributed by atoms with Gasteiger partial charge >= 0.3 is 0 Å². The van der Waals surface area contributed by atoms with Crippen LogP contribution in [0.5, 0.6) is 0 Å². The van der Waals surface area contributed by atoms with Gasteiger partial charge in [-0.15, -0.1) is 0 Å². The fourth-order valence-electron chi connectivity index (χ4n) is 4.69. The number of hydrogen-bond donors (Lipinski definition) is 2. The molecule has 2 atom stereocenters. The van der Waals surface area contributed by atoms with Crippen molar-refractivity contribution in [3.05, 3.63) is 29.8 Å². The van der Waals surface area contributed by atoms with E-state index in [-0.39, 0.29) is 4.75 Å². The second-order valence-corrected chi connectivity index (χ2v) is 11.0. The predicted octanol–water partition coefficient (Wildman–Crippen LogP) is 6.77. The van der Waals surface area contributed by atoms with E-state index in [1.807, 2.05) is 0 Å². The van der Waals surface area contributed by atoms with Crippen molar-refractivity contribution in [1.82, 2.24) is 5.32 Å². The van der Waals surface area contributed by atoms with Crippen LogP contribution in [0, 0.1) is 11.8 Å². The number of nitrogens with one attached hydrogen (secondary N) is 2. The monoisotopic (exact) mass is 374 g/mol. The first-order valence-corrected chi connectivity index (χ1v) is 11.6. The summed E-state index contributed by atoms with van der Waals surface area (Å²) < 4.78 is 3.70. The van der Waals surface area contributed by atoms with Crippen LogP contribution in [0.4, 0.5) is 5.69 Å². The topological polar surface area (TPSA) is 24.1 Å². The van der Waals surface area contributed by atoms with Crippen LogP contribution in [0.1, 0.15) is 84.1 Å². The minimum atomic E-state index is 0.231. The lowest BCUT2D eigenvalue weighted by Crippen LogP contribution is -2.42. The molecule has 0 bridgehead atoms. The molecule has 0 saturated heterocycles. The zero-order chi connectivity index (χ0) is 18.4. The van der Waals surface area contributed by atoms with Gasteiger partial charge in [0.1, 0.15) is 0 Å². The fourth-order valence-corrected chi connectivity index (χ4v) is 5.25. The number of hydrogen-bond acceptors (Lipinski definition) is 3. The summed E-state index contributed by atoms with van der Waals surface area (Å²) in [7, 11) is 0. The Labute approximate surface area is 165 Å². The third kappa shape index (κ3) is 6.20. The first-order chi connectivity index (χ1) is 12.5. The van der Waals surface area contributed by atoms with E-state index in [0.29, 0.717) is 0 Å². The molecule has 0 aromatic heterocycles. The standard InChI is InChI=1S/C23H38N2S/c1-23(2,3)26-25-20-15-13-18(14-16-20)17-24-22-12-8-7-11-21(22)19-9-5-4-6-10-19/h13-16,19,21-22,24-25H,4-12,17H2,1-3H3. The first kappa shape index (κ1) is 20.1. The van der Waals surface area contributed by atoms with E-state index >= 15 is 0 Å². The fraction of sp³-hybridized carbons (Fsp3) is 0.739. The molecule has 2 unspecified atom stereocenters. The van der Waals surface area contributed by atoms with Crippen molar-refractivity contribution in [2.24, 2.45) is 11.8 Å². The van der Waals surface area contributed by atoms with Crippen LogP contribution in [0.3, 0.4) is 0 Å². The molecule has 1 aromatic carbocycles. The average molecular weight is 375 g/mol. The quantitative estimate of drug-likeness (QED) is 0.537. The van der Waals surface area contributed by atoms with Gasteiger partial charge in [0.15, 0.2) is 0 Å². The van der Waals surface area contributed by atoms with Gasteiger partial charge in [0.2, 0.25) is 0 Å². The van der Waals surface area contributed by atoms with Crippen molar-refractivity contribution in [3.63, 3.8) is 0 Å². The highest BCUT2D eigenvalue weighted by molar-refractivity contribution is 8.01. The minimum Gasteiger partial charge on any atom is -0.329 e. The summed E-state index contributed by atoms with van der Waals surface area (Å²) in [4.78, 5) is 0. The predicted molar refractivity (Wildman–Crippen MR) is 117 cm³/mol. The molecule has 3 heteroatoms. The maximum absolute atomic E-state index is 3.94. The molecule has 0 heterocycles. The largest absolute Gasteiger partial charge is 0.329 e. The second kappa shape index (κ2) is 9.50. The van der Waals surface area contributed by atoms with E-state index < -0.39 is 0 Å². The lowest BCUT2D eigenvalue weighted by Gasteiger charge is -2.39. The summed E-state index contributed by atoms with van der Waals surface area (Å²) in [5, 5.41) is 3.94. The normalized spacial score (nSPS) is 25.2. The van der Waals surface area contributed by atoms with Crippen LogP contribution in [0.25, 0.3) is 0 Å². The highest BCUT2D eigenvalue weighted by Gasteiger charge is 2.32. The Morgan fingerprint density at radius 2 is 1.54 bits per heavy atom. The molecule has 2 aliphatic carbocycles. The van der Waals surface area contributed by atoms with Gasteiger partial charge in [-0.25, -0.2) is 0 Å². The third-order valence-corrected chi connectivity index (χ3v) is 7.02. The summed E-state index contributed by atoms with van der Waals surface area (Å²) in [6, 6.07) is 9.72. The smallest absolute Gasteiger partial charge is 0.0440 e. The van der Waals surface area contributed by atoms with Crippen molar-refractivity contribution in [3.8, 4) is 0 Å². The van der Waals surface area contributed by atoms with E-state index in [2.05, 4.69) is 55.1 Å². The number of anilines is 1. The Morgan fingerprint density at radius 3 is 2.23 bits per heavy atom. The van der Waals surface area contributed by atoms with Crippen LogP contribution in [0.2, 0.25) is 0 Å². The molecule has 1 aromatic rings. The Hall–Kier alpha value is -0.670. The Kier molecular flexibility index (Phi) is 7.34. The van der Waals surface area contributed by atoms with Gasteiger partial charge in [0, 0.05) is 23.0 Å². The molecule has 0 spiro atoms. The molecule has 2 aliphatic rings. The molecule has 26 heavy (non-hydrogen) atoms. The van der Waals surface area contributed by atoms with Crippen LogP contribution in [-0.4, -0.2) is 10.8 Å². The highest BCUT2D eigenvalue weighted by Crippen LogP contribution is 2.38. The Bertz CT molecular complexity index is 528. The Balaban J connectivity index is 1.50. The number of benzene rings is 1. The number of rotatable bonds is 6. The molecule has 2 N–H and O–H groups in total. The minimum absolute atomic E-state index is 0.231. The summed E-state index contributed by atoms with van der Waals surface area (Å²) in [6.07, 6.45) is 13.1. The summed E-state index contributed by atoms with van der Waals surface area (Å²) >= 11 is 1.78. The van der Waals surface area contributed by atoms with Gasteiger partial charge in [-0.1, -0.05) is 57.1 Å². The van der Waals surface area contributed by atoms with Crippen LogP contribution in [0.15, 0.2) is 24.3 Å². The van der Waals surface area contributed by atoms with Crippen molar-refractivity contribution in [1.29, 1.82) is 0 Å². The van der Waals surface area contributed by atoms with Crippen molar-refractivity contribution >= 4 is 17.6 Å². The third-order valence-electron chi connectivity index (χ3n) is 6.07. The van der Waals surface area contributed by atoms with Crippen LogP contribution < -0.4 is 10.0 Å². The van der Waals surface area contributed by atoms with E-state index in [1.165, 1.54) is 69.0 Å². The van der Waals surface area contributed by atoms with E-state index in [0.717, 1.165) is 24.4 Å². The molecule has 2 fully saturated rings. The summed E-state index contributed by atoms with van der Waals surface area (Å²) in [5.74, 6) is 1.91. The SMILES string of the molecule is CC(C)(C)SNc1ccc(CNC2CCCCC2C2CCCCC2)cc1. The van der Waals surface area contributed by atoms with E-state index in [9.17, 15) is 0 Å². The maximum atomic E-state index is 3.94. The van der Waals surface area contributed by atoms with Gasteiger partial charge < -0.3 is 10.0 Å². The zero-order valence-electron chi connectivity index (χ0n) is 17.0. The van der Waals surface area contributed by atoms with Gasteiger partial charge in [0.25, 0.3) is 0 Å². The van der Waals surface area contributed by atoms with Crippen LogP contribution >= 0.6 is 11.9 Å². The molecular formula is C23H38N2S. The molecule has 0 amide bonds. The molecule has 2 nitrogen and oxygen atoms in total. The van der Waals surface area contributed by atoms with Gasteiger partial charge in [-0.3, -0.25) is 0 Å². The van der Waals surface area contributed by atoms with Gasteiger partial charge in [0.05, 0.1) is 0 Å². The lowest BCUT2D eigenvalue weighted by molar-refractivity contribution is 0.149. The first-order valence-electron chi connectivity index (χ1n) is 10.8. The Morgan fingerprint density at radius 1 is 0.885 bits per heavy atom. The summed E-state index contributed by atoms with van der Waals surface area (Å²) in [5.41, 5.74) is 2.61. The maximum Gasteiger partial charge on any atom is 0.0440 e. The molecule has 0 aliphatic heterocycles. The highest BCUT2D eigenvalue weighted by atomic mass is 32.2. The zero-order valence-corrected chi connectivity index (χ0v) is 17.8. The lowest BCUT2D eigenvalue weighted by atomic mass is 9.71. The molecule has 146 valence electrons. The van der Waals surface area contributed by atoms with Crippen molar-refractivity contribution in [2.75, 3.05) is 4.72 Å². The van der Waals surface area contributed by atoms with E-state index in [4.69, 9.17) is 0 Å². The molecule has 0 radical (unpaired) electrons. The van der Waals surface area contributed by atoms with Crippen molar-refractivity contribution in [2.45, 2.75) is 95.9 Å². The second-order valence-electron chi connectivity index (χ2n) is 9.35. The molecule has 2 saturated carbocycles. The molecular weight excluding hydrogens is 336 g/mol. The van der Waals surface area contributed by atoms with E-state index in [1.54, 1.807) is 11.9 Å². The van der Waals surface area contributed by atoms with Crippen LogP contribution in [-0.2, 0) is 6.54 Å². The van der Waals surface area contributed by atoms with Gasteiger partial charge in [-0.05, 0) is 75.1 Å².